The van der Waals surface area contributed by atoms with Crippen molar-refractivity contribution in [1.29, 1.82) is 0 Å². The number of anilines is 1. The molecule has 0 aliphatic heterocycles. The van der Waals surface area contributed by atoms with Gasteiger partial charge in [0.1, 0.15) is 5.82 Å². The molecule has 0 spiro atoms. The predicted molar refractivity (Wildman–Crippen MR) is 71.7 cm³/mol. The number of hydrogen-bond acceptors (Lipinski definition) is 4. The summed E-state index contributed by atoms with van der Waals surface area (Å²) in [7, 11) is 0. The molecule has 0 aliphatic carbocycles. The van der Waals surface area contributed by atoms with Gasteiger partial charge >= 0.3 is 5.76 Å². The van der Waals surface area contributed by atoms with Crippen molar-refractivity contribution in [2.75, 3.05) is 5.73 Å². The first-order valence-corrected chi connectivity index (χ1v) is 6.11. The molecule has 2 heterocycles. The Morgan fingerprint density at radius 1 is 1.21 bits per heavy atom. The predicted octanol–water partition coefficient (Wildman–Crippen LogP) is 1.46. The summed E-state index contributed by atoms with van der Waals surface area (Å²) < 4.78 is 8.58. The monoisotopic (exact) mass is 258 g/mol. The Labute approximate surface area is 109 Å². The summed E-state index contributed by atoms with van der Waals surface area (Å²) in [5, 5.41) is 4.10. The molecule has 0 aliphatic rings. The Hall–Kier alpha value is -2.50. The third kappa shape index (κ3) is 2.24. The van der Waals surface area contributed by atoms with E-state index >= 15 is 0 Å². The third-order valence-electron chi connectivity index (χ3n) is 3.00. The van der Waals surface area contributed by atoms with Gasteiger partial charge in [-0.1, -0.05) is 12.1 Å². The summed E-state index contributed by atoms with van der Waals surface area (Å²) in [6, 6.07) is 9.16. The lowest BCUT2D eigenvalue weighted by Gasteiger charge is -2.02. The number of para-hydroxylation sites is 2. The molecule has 0 unspecified atom stereocenters. The summed E-state index contributed by atoms with van der Waals surface area (Å²) in [6.07, 6.45) is 2.61. The lowest BCUT2D eigenvalue weighted by molar-refractivity contribution is 0.474. The Bertz CT molecular complexity index is 753. The van der Waals surface area contributed by atoms with Crippen molar-refractivity contribution < 1.29 is 4.42 Å². The average Bonchev–Trinajstić information content (AvgIpc) is 2.94. The van der Waals surface area contributed by atoms with Gasteiger partial charge in [0.05, 0.1) is 5.52 Å². The number of nitrogens with two attached hydrogens (primary N) is 1. The number of nitrogen functional groups attached to an aromatic ring is 1. The molecule has 0 bridgehead atoms. The van der Waals surface area contributed by atoms with Crippen LogP contribution in [0.4, 0.5) is 5.82 Å². The van der Waals surface area contributed by atoms with Crippen LogP contribution in [-0.2, 0) is 13.1 Å². The van der Waals surface area contributed by atoms with Crippen LogP contribution >= 0.6 is 0 Å². The molecule has 98 valence electrons. The maximum absolute atomic E-state index is 11.7. The fraction of sp³-hybridized carbons (Fsp3) is 0.231. The zero-order valence-electron chi connectivity index (χ0n) is 10.3. The third-order valence-corrected chi connectivity index (χ3v) is 3.00. The first kappa shape index (κ1) is 11.6. The van der Waals surface area contributed by atoms with Gasteiger partial charge in [0.15, 0.2) is 5.58 Å². The van der Waals surface area contributed by atoms with Crippen LogP contribution in [0, 0.1) is 0 Å². The number of oxazole rings is 1. The SMILES string of the molecule is Nc1ccn(CCCn2c(=O)oc3ccccc32)n1. The van der Waals surface area contributed by atoms with Gasteiger partial charge in [-0.2, -0.15) is 5.10 Å². The molecule has 3 rings (SSSR count). The van der Waals surface area contributed by atoms with Crippen LogP contribution in [0.15, 0.2) is 45.7 Å². The molecule has 6 nitrogen and oxygen atoms in total. The minimum Gasteiger partial charge on any atom is -0.408 e. The van der Waals surface area contributed by atoms with Gasteiger partial charge < -0.3 is 10.2 Å². The van der Waals surface area contributed by atoms with Gasteiger partial charge in [-0.25, -0.2) is 4.79 Å². The standard InChI is InChI=1S/C13H14N4O2/c14-12-6-9-16(15-12)7-3-8-17-10-4-1-2-5-11(10)19-13(17)18/h1-2,4-6,9H,3,7-8H2,(H2,14,15). The van der Waals surface area contributed by atoms with Crippen LogP contribution in [0.2, 0.25) is 0 Å². The highest BCUT2D eigenvalue weighted by molar-refractivity contribution is 5.72. The minimum atomic E-state index is -0.318. The van der Waals surface area contributed by atoms with Crippen molar-refractivity contribution >= 4 is 16.9 Å². The van der Waals surface area contributed by atoms with E-state index in [0.717, 1.165) is 11.9 Å². The van der Waals surface area contributed by atoms with E-state index in [4.69, 9.17) is 10.2 Å². The van der Waals surface area contributed by atoms with Gasteiger partial charge in [-0.3, -0.25) is 9.25 Å². The molecular weight excluding hydrogens is 244 g/mol. The molecule has 19 heavy (non-hydrogen) atoms. The van der Waals surface area contributed by atoms with Crippen LogP contribution in [0.25, 0.3) is 11.1 Å². The Kier molecular flexibility index (Phi) is 2.83. The second-order valence-corrected chi connectivity index (χ2v) is 4.34. The van der Waals surface area contributed by atoms with Gasteiger partial charge in [0.2, 0.25) is 0 Å². The van der Waals surface area contributed by atoms with E-state index in [1.807, 2.05) is 24.4 Å². The van der Waals surface area contributed by atoms with Crippen molar-refractivity contribution in [2.45, 2.75) is 19.5 Å². The topological polar surface area (TPSA) is 79.0 Å². The molecule has 3 aromatic rings. The number of nitrogens with zero attached hydrogens (tertiary/aromatic N) is 3. The number of hydrogen-bond donors (Lipinski definition) is 1. The normalized spacial score (nSPS) is 11.2. The fourth-order valence-electron chi connectivity index (χ4n) is 2.12. The summed E-state index contributed by atoms with van der Waals surface area (Å²) in [5.41, 5.74) is 6.99. The highest BCUT2D eigenvalue weighted by Gasteiger charge is 2.07. The molecule has 2 aromatic heterocycles. The lowest BCUT2D eigenvalue weighted by Crippen LogP contribution is -2.15. The molecule has 0 radical (unpaired) electrons. The minimum absolute atomic E-state index is 0.318. The largest absolute Gasteiger partial charge is 0.419 e. The number of benzene rings is 1. The Morgan fingerprint density at radius 3 is 2.84 bits per heavy atom. The number of aromatic nitrogens is 3. The Balaban J connectivity index is 1.75. The molecule has 0 saturated carbocycles. The van der Waals surface area contributed by atoms with Gasteiger partial charge in [-0.05, 0) is 24.6 Å². The van der Waals surface area contributed by atoms with Crippen molar-refractivity contribution in [2.24, 2.45) is 0 Å². The maximum atomic E-state index is 11.7. The molecular formula is C13H14N4O2. The summed E-state index contributed by atoms with van der Waals surface area (Å²) in [5.74, 6) is 0.187. The van der Waals surface area contributed by atoms with Gasteiger partial charge in [0, 0.05) is 19.3 Å². The molecule has 0 amide bonds. The molecule has 0 fully saturated rings. The van der Waals surface area contributed by atoms with Crippen LogP contribution in [0.5, 0.6) is 0 Å². The van der Waals surface area contributed by atoms with E-state index in [2.05, 4.69) is 5.10 Å². The van der Waals surface area contributed by atoms with Crippen LogP contribution in [0.1, 0.15) is 6.42 Å². The van der Waals surface area contributed by atoms with Crippen molar-refractivity contribution in [3.05, 3.63) is 47.1 Å². The number of rotatable bonds is 4. The average molecular weight is 258 g/mol. The molecule has 0 saturated heterocycles. The quantitative estimate of drug-likeness (QED) is 0.768. The Morgan fingerprint density at radius 2 is 2.05 bits per heavy atom. The summed E-state index contributed by atoms with van der Waals surface area (Å²) in [6.45, 7) is 1.30. The number of fused-ring (bicyclic) bond motifs is 1. The first-order valence-electron chi connectivity index (χ1n) is 6.11. The highest BCUT2D eigenvalue weighted by Crippen LogP contribution is 2.12. The smallest absolute Gasteiger partial charge is 0.408 e. The van der Waals surface area contributed by atoms with E-state index in [9.17, 15) is 4.79 Å². The lowest BCUT2D eigenvalue weighted by atomic mass is 10.3. The zero-order chi connectivity index (χ0) is 13.2. The maximum Gasteiger partial charge on any atom is 0.419 e. The number of aryl methyl sites for hydroxylation is 2. The molecule has 2 N–H and O–H groups in total. The van der Waals surface area contributed by atoms with Gasteiger partial charge in [-0.15, -0.1) is 0 Å². The van der Waals surface area contributed by atoms with Gasteiger partial charge in [0.25, 0.3) is 0 Å². The highest BCUT2D eigenvalue weighted by atomic mass is 16.4. The second-order valence-electron chi connectivity index (χ2n) is 4.34. The van der Waals surface area contributed by atoms with Crippen molar-refractivity contribution in [3.8, 4) is 0 Å². The van der Waals surface area contributed by atoms with Crippen LogP contribution < -0.4 is 11.5 Å². The molecule has 0 atom stereocenters. The van der Waals surface area contributed by atoms with Crippen LogP contribution in [0.3, 0.4) is 0 Å². The summed E-state index contributed by atoms with van der Waals surface area (Å²) in [4.78, 5) is 11.7. The van der Waals surface area contributed by atoms with Crippen molar-refractivity contribution in [1.82, 2.24) is 14.3 Å². The van der Waals surface area contributed by atoms with E-state index in [-0.39, 0.29) is 5.76 Å². The van der Waals surface area contributed by atoms with E-state index in [1.165, 1.54) is 0 Å². The van der Waals surface area contributed by atoms with E-state index in [0.29, 0.717) is 24.5 Å². The molecule has 1 aromatic carbocycles. The first-order chi connectivity index (χ1) is 9.24. The van der Waals surface area contributed by atoms with E-state index < -0.39 is 0 Å². The zero-order valence-corrected chi connectivity index (χ0v) is 10.3. The fourth-order valence-corrected chi connectivity index (χ4v) is 2.12. The molecule has 6 heteroatoms. The van der Waals surface area contributed by atoms with Crippen molar-refractivity contribution in [3.63, 3.8) is 0 Å². The van der Waals surface area contributed by atoms with E-state index in [1.54, 1.807) is 21.4 Å². The second kappa shape index (κ2) is 4.64. The summed E-state index contributed by atoms with van der Waals surface area (Å²) >= 11 is 0. The van der Waals surface area contributed by atoms with Crippen LogP contribution in [-0.4, -0.2) is 14.3 Å².